The van der Waals surface area contributed by atoms with Gasteiger partial charge in [0.15, 0.2) is 0 Å². The van der Waals surface area contributed by atoms with Gasteiger partial charge in [0.25, 0.3) is 0 Å². The maximum absolute atomic E-state index is 12.7. The number of hydrogen-bond acceptors (Lipinski definition) is 5. The van der Waals surface area contributed by atoms with Gasteiger partial charge in [0.05, 0.1) is 9.77 Å². The average Bonchev–Trinajstić information content (AvgIpc) is 3.19. The van der Waals surface area contributed by atoms with E-state index in [9.17, 15) is 8.42 Å². The molecule has 0 aliphatic heterocycles. The van der Waals surface area contributed by atoms with Gasteiger partial charge in [-0.25, -0.2) is 18.1 Å². The summed E-state index contributed by atoms with van der Waals surface area (Å²) in [6.45, 7) is 6.16. The first-order valence-electron chi connectivity index (χ1n) is 7.94. The van der Waals surface area contributed by atoms with Gasteiger partial charge in [0.1, 0.15) is 5.01 Å². The molecule has 0 amide bonds. The zero-order chi connectivity index (χ0) is 18.0. The minimum atomic E-state index is -3.54. The molecule has 3 rings (SSSR count). The highest BCUT2D eigenvalue weighted by atomic mass is 32.2. The Labute approximate surface area is 156 Å². The Morgan fingerprint density at radius 3 is 2.56 bits per heavy atom. The molecule has 0 fully saturated rings. The number of aromatic nitrogens is 1. The molecule has 0 spiro atoms. The lowest BCUT2D eigenvalue weighted by atomic mass is 10.0. The molecule has 0 unspecified atom stereocenters. The molecule has 0 saturated heterocycles. The Hall–Kier alpha value is -1.54. The van der Waals surface area contributed by atoms with Crippen molar-refractivity contribution < 1.29 is 8.42 Å². The van der Waals surface area contributed by atoms with Crippen LogP contribution >= 0.6 is 22.7 Å². The highest BCUT2D eigenvalue weighted by Crippen LogP contribution is 2.35. The predicted octanol–water partition coefficient (Wildman–Crippen LogP) is 4.57. The number of benzene rings is 1. The van der Waals surface area contributed by atoms with Crippen molar-refractivity contribution in [2.45, 2.75) is 31.6 Å². The van der Waals surface area contributed by atoms with E-state index in [0.717, 1.165) is 26.0 Å². The zero-order valence-electron chi connectivity index (χ0n) is 14.3. The number of hydrogen-bond donors (Lipinski definition) is 1. The summed E-state index contributed by atoms with van der Waals surface area (Å²) in [5.41, 5.74) is 2.07. The Balaban J connectivity index is 1.77. The maximum atomic E-state index is 12.7. The average molecular weight is 393 g/mol. The molecule has 132 valence electrons. The van der Waals surface area contributed by atoms with Gasteiger partial charge < -0.3 is 0 Å². The third-order valence-corrected chi connectivity index (χ3v) is 7.80. The normalized spacial score (nSPS) is 13.1. The fourth-order valence-electron chi connectivity index (χ4n) is 2.52. The Morgan fingerprint density at radius 2 is 1.92 bits per heavy atom. The van der Waals surface area contributed by atoms with E-state index < -0.39 is 10.0 Å². The minimum absolute atomic E-state index is 0.107. The molecule has 1 N–H and O–H groups in total. The number of sulfonamides is 1. The van der Waals surface area contributed by atoms with E-state index >= 15 is 0 Å². The van der Waals surface area contributed by atoms with Crippen LogP contribution < -0.4 is 4.72 Å². The highest BCUT2D eigenvalue weighted by Gasteiger charge is 2.22. The van der Waals surface area contributed by atoms with E-state index in [4.69, 9.17) is 0 Å². The van der Waals surface area contributed by atoms with Gasteiger partial charge in [-0.15, -0.1) is 22.7 Å². The summed E-state index contributed by atoms with van der Waals surface area (Å²) in [7, 11) is -3.54. The summed E-state index contributed by atoms with van der Waals surface area (Å²) >= 11 is 3.00. The number of nitrogens with zero attached hydrogens (tertiary/aromatic N) is 1. The highest BCUT2D eigenvalue weighted by molar-refractivity contribution is 7.89. The van der Waals surface area contributed by atoms with Gasteiger partial charge in [-0.05, 0) is 31.4 Å². The molecular weight excluding hydrogens is 372 g/mol. The van der Waals surface area contributed by atoms with Gasteiger partial charge in [-0.2, -0.15) is 0 Å². The van der Waals surface area contributed by atoms with Gasteiger partial charge in [0.2, 0.25) is 10.0 Å². The first-order valence-corrected chi connectivity index (χ1v) is 11.1. The largest absolute Gasteiger partial charge is 0.241 e. The van der Waals surface area contributed by atoms with Crippen LogP contribution in [0, 0.1) is 13.8 Å². The van der Waals surface area contributed by atoms with E-state index in [-0.39, 0.29) is 5.92 Å². The lowest BCUT2D eigenvalue weighted by Crippen LogP contribution is -2.27. The molecule has 0 radical (unpaired) electrons. The fourth-order valence-corrected chi connectivity index (χ4v) is 6.10. The number of nitrogens with one attached hydrogen (secondary N) is 1. The monoisotopic (exact) mass is 392 g/mol. The SMILES string of the molecule is Cc1csc(-c2cc(S(=O)(=O)NC[C@H](C)c3ccccc3)c(C)s2)n1. The molecule has 7 heteroatoms. The van der Waals surface area contributed by atoms with Crippen molar-refractivity contribution in [3.8, 4) is 9.88 Å². The Kier molecular flexibility index (Phi) is 5.38. The molecule has 0 aliphatic rings. The van der Waals surface area contributed by atoms with E-state index in [1.54, 1.807) is 6.07 Å². The third-order valence-electron chi connectivity index (χ3n) is 3.94. The molecule has 1 atom stereocenters. The summed E-state index contributed by atoms with van der Waals surface area (Å²) in [5.74, 6) is 0.107. The molecular formula is C18H20N2O2S3. The molecule has 0 aliphatic carbocycles. The van der Waals surface area contributed by atoms with Crippen LogP contribution in [-0.2, 0) is 10.0 Å². The van der Waals surface area contributed by atoms with Gasteiger partial charge in [-0.3, -0.25) is 0 Å². The Bertz CT molecular complexity index is 959. The second-order valence-electron chi connectivity index (χ2n) is 5.99. The molecule has 1 aromatic carbocycles. The molecule has 25 heavy (non-hydrogen) atoms. The lowest BCUT2D eigenvalue weighted by Gasteiger charge is -2.13. The summed E-state index contributed by atoms with van der Waals surface area (Å²) in [6, 6.07) is 11.6. The lowest BCUT2D eigenvalue weighted by molar-refractivity contribution is 0.575. The molecule has 0 bridgehead atoms. The summed E-state index contributed by atoms with van der Waals surface area (Å²) < 4.78 is 28.2. The minimum Gasteiger partial charge on any atom is -0.241 e. The van der Waals surface area contributed by atoms with Crippen LogP contribution in [0.4, 0.5) is 0 Å². The van der Waals surface area contributed by atoms with Crippen molar-refractivity contribution in [2.75, 3.05) is 6.54 Å². The third kappa shape index (κ3) is 4.17. The Morgan fingerprint density at radius 1 is 1.20 bits per heavy atom. The molecule has 3 aromatic rings. The van der Waals surface area contributed by atoms with Crippen molar-refractivity contribution in [1.29, 1.82) is 0 Å². The zero-order valence-corrected chi connectivity index (χ0v) is 16.8. The van der Waals surface area contributed by atoms with Crippen molar-refractivity contribution in [3.63, 3.8) is 0 Å². The number of aryl methyl sites for hydroxylation is 2. The number of thiophene rings is 1. The summed E-state index contributed by atoms with van der Waals surface area (Å²) in [4.78, 5) is 6.47. The molecule has 0 saturated carbocycles. The fraction of sp³-hybridized carbons (Fsp3) is 0.278. The molecule has 2 heterocycles. The van der Waals surface area contributed by atoms with Crippen molar-refractivity contribution in [3.05, 3.63) is 57.9 Å². The van der Waals surface area contributed by atoms with Crippen LogP contribution in [0.1, 0.15) is 29.0 Å². The van der Waals surface area contributed by atoms with Gasteiger partial charge >= 0.3 is 0 Å². The number of thiazole rings is 1. The van der Waals surface area contributed by atoms with E-state index in [0.29, 0.717) is 11.4 Å². The number of rotatable bonds is 6. The second kappa shape index (κ2) is 7.37. The van der Waals surface area contributed by atoms with E-state index in [1.165, 1.54) is 22.7 Å². The van der Waals surface area contributed by atoms with Crippen molar-refractivity contribution in [1.82, 2.24) is 9.71 Å². The standard InChI is InChI=1S/C18H20N2O2S3/c1-12(15-7-5-4-6-8-15)10-19-25(21,22)17-9-16(24-14(17)3)18-20-13(2)11-23-18/h4-9,11-12,19H,10H2,1-3H3/t12-/m0/s1. The van der Waals surface area contributed by atoms with Crippen molar-refractivity contribution >= 4 is 32.7 Å². The van der Waals surface area contributed by atoms with Gasteiger partial charge in [-0.1, -0.05) is 37.3 Å². The first-order chi connectivity index (χ1) is 11.9. The van der Waals surface area contributed by atoms with Crippen LogP contribution in [0.15, 0.2) is 46.7 Å². The summed E-state index contributed by atoms with van der Waals surface area (Å²) in [5, 5.41) is 2.84. The first kappa shape index (κ1) is 18.3. The quantitative estimate of drug-likeness (QED) is 0.668. The van der Waals surface area contributed by atoms with Crippen LogP contribution in [0.2, 0.25) is 0 Å². The van der Waals surface area contributed by atoms with Crippen LogP contribution in [0.25, 0.3) is 9.88 Å². The summed E-state index contributed by atoms with van der Waals surface area (Å²) in [6.07, 6.45) is 0. The van der Waals surface area contributed by atoms with Gasteiger partial charge in [0, 0.05) is 22.5 Å². The predicted molar refractivity (Wildman–Crippen MR) is 105 cm³/mol. The van der Waals surface area contributed by atoms with Crippen molar-refractivity contribution in [2.24, 2.45) is 0 Å². The topological polar surface area (TPSA) is 59.1 Å². The van der Waals surface area contributed by atoms with E-state index in [1.807, 2.05) is 56.5 Å². The second-order valence-corrected chi connectivity index (χ2v) is 9.84. The molecule has 4 nitrogen and oxygen atoms in total. The molecule has 2 aromatic heterocycles. The maximum Gasteiger partial charge on any atom is 0.241 e. The van der Waals surface area contributed by atoms with E-state index in [2.05, 4.69) is 9.71 Å². The van der Waals surface area contributed by atoms with Crippen LogP contribution in [0.5, 0.6) is 0 Å². The smallest absolute Gasteiger partial charge is 0.241 e. The van der Waals surface area contributed by atoms with Crippen LogP contribution in [0.3, 0.4) is 0 Å². The van der Waals surface area contributed by atoms with Crippen LogP contribution in [-0.4, -0.2) is 19.9 Å².